The molecular weight excluding hydrogens is 446 g/mol. The minimum absolute atomic E-state index is 0.260. The Balaban J connectivity index is 1.60. The van der Waals surface area contributed by atoms with Gasteiger partial charge in [0.2, 0.25) is 0 Å². The van der Waals surface area contributed by atoms with E-state index in [1.165, 1.54) is 17.8 Å². The van der Waals surface area contributed by atoms with Crippen molar-refractivity contribution in [3.8, 4) is 0 Å². The lowest BCUT2D eigenvalue weighted by atomic mass is 10.1. The molecule has 7 nitrogen and oxygen atoms in total. The third-order valence-electron chi connectivity index (χ3n) is 5.11. The molecule has 0 bridgehead atoms. The Morgan fingerprint density at radius 2 is 1.72 bits per heavy atom. The maximum atomic E-state index is 13.1. The molecule has 0 fully saturated rings. The van der Waals surface area contributed by atoms with Gasteiger partial charge in [-0.25, -0.2) is 13.4 Å². The van der Waals surface area contributed by atoms with Crippen molar-refractivity contribution in [1.29, 1.82) is 0 Å². The molecule has 2 heterocycles. The second kappa shape index (κ2) is 8.48. The molecule has 2 aromatic heterocycles. The Kier molecular flexibility index (Phi) is 5.87. The summed E-state index contributed by atoms with van der Waals surface area (Å²) in [5, 5.41) is 0. The lowest BCUT2D eigenvalue weighted by molar-refractivity contribution is 0.344. The molecule has 0 radical (unpaired) electrons. The van der Waals surface area contributed by atoms with Crippen LogP contribution in [0.25, 0.3) is 5.65 Å². The molecule has 9 heteroatoms. The summed E-state index contributed by atoms with van der Waals surface area (Å²) in [6, 6.07) is 13.9. The molecule has 4 aromatic rings. The summed E-state index contributed by atoms with van der Waals surface area (Å²) >= 11 is 1.40. The summed E-state index contributed by atoms with van der Waals surface area (Å²) in [4.78, 5) is 17.7. The number of nitrogens with one attached hydrogen (secondary N) is 1. The molecule has 1 N–H and O–H groups in total. The number of fused-ring (bicyclic) bond motifs is 1. The van der Waals surface area contributed by atoms with Gasteiger partial charge >= 0.3 is 0 Å². The van der Waals surface area contributed by atoms with Crippen LogP contribution in [0.3, 0.4) is 0 Å². The predicted molar refractivity (Wildman–Crippen MR) is 126 cm³/mol. The van der Waals surface area contributed by atoms with Gasteiger partial charge < -0.3 is 4.52 Å². The molecule has 0 aliphatic rings. The molecule has 0 saturated carbocycles. The Morgan fingerprint density at radius 3 is 2.50 bits per heavy atom. The molecule has 0 aliphatic heterocycles. The maximum Gasteiger partial charge on any atom is 0.287 e. The number of nitrogens with zero attached hydrogens (tertiary/aromatic N) is 2. The summed E-state index contributed by atoms with van der Waals surface area (Å²) in [6.07, 6.45) is 0. The number of rotatable bonds is 6. The zero-order chi connectivity index (χ0) is 23.0. The topological polar surface area (TPSA) is 93.7 Å². The van der Waals surface area contributed by atoms with Crippen molar-refractivity contribution in [3.63, 3.8) is 0 Å². The standard InChI is InChI=1S/C23H23N3O4S2/c1-14-9-16(3)21(10-15(14)2)32(28,29)25-19-7-5-6-8-20(19)31-13-18-12-23(27)26-22(24-18)11-17(4)30-26/h5-12,25H,13H2,1-4H3. The monoisotopic (exact) mass is 469 g/mol. The van der Waals surface area contributed by atoms with Gasteiger partial charge in [0.1, 0.15) is 5.76 Å². The van der Waals surface area contributed by atoms with E-state index in [0.29, 0.717) is 34.1 Å². The first-order valence-corrected chi connectivity index (χ1v) is 12.4. The molecule has 0 amide bonds. The van der Waals surface area contributed by atoms with Crippen LogP contribution < -0.4 is 10.3 Å². The fraction of sp³-hybridized carbons (Fsp3) is 0.217. The number of hydrogen-bond donors (Lipinski definition) is 1. The highest BCUT2D eigenvalue weighted by Gasteiger charge is 2.19. The van der Waals surface area contributed by atoms with Gasteiger partial charge in [-0.15, -0.1) is 16.3 Å². The van der Waals surface area contributed by atoms with Crippen LogP contribution >= 0.6 is 11.8 Å². The first-order chi connectivity index (χ1) is 15.1. The Bertz CT molecular complexity index is 1490. The lowest BCUT2D eigenvalue weighted by Gasteiger charge is -2.15. The highest BCUT2D eigenvalue weighted by atomic mass is 32.2. The van der Waals surface area contributed by atoms with Gasteiger partial charge in [0.15, 0.2) is 5.65 Å². The van der Waals surface area contributed by atoms with Crippen molar-refractivity contribution >= 4 is 33.1 Å². The molecule has 0 aliphatic carbocycles. The van der Waals surface area contributed by atoms with Gasteiger partial charge in [-0.2, -0.15) is 0 Å². The number of sulfonamides is 1. The van der Waals surface area contributed by atoms with Crippen LogP contribution in [-0.2, 0) is 15.8 Å². The summed E-state index contributed by atoms with van der Waals surface area (Å²) in [5.41, 5.74) is 3.88. The van der Waals surface area contributed by atoms with E-state index in [1.54, 1.807) is 38.1 Å². The van der Waals surface area contributed by atoms with E-state index in [0.717, 1.165) is 20.6 Å². The normalized spacial score (nSPS) is 11.8. The molecule has 2 aromatic carbocycles. The quantitative estimate of drug-likeness (QED) is 0.414. The Hall–Kier alpha value is -3.04. The van der Waals surface area contributed by atoms with E-state index in [9.17, 15) is 13.2 Å². The molecule has 0 saturated heterocycles. The molecule has 0 spiro atoms. The van der Waals surface area contributed by atoms with Crippen molar-refractivity contribution in [2.24, 2.45) is 0 Å². The average molecular weight is 470 g/mol. The van der Waals surface area contributed by atoms with E-state index in [-0.39, 0.29) is 10.5 Å². The summed E-state index contributed by atoms with van der Waals surface area (Å²) in [7, 11) is -3.77. The van der Waals surface area contributed by atoms with Crippen molar-refractivity contribution in [1.82, 2.24) is 9.56 Å². The zero-order valence-corrected chi connectivity index (χ0v) is 19.8. The minimum atomic E-state index is -3.77. The van der Waals surface area contributed by atoms with Gasteiger partial charge in [0.25, 0.3) is 15.6 Å². The second-order valence-corrected chi connectivity index (χ2v) is 10.3. The van der Waals surface area contributed by atoms with Gasteiger partial charge in [0.05, 0.1) is 16.3 Å². The molecule has 166 valence electrons. The third-order valence-corrected chi connectivity index (χ3v) is 7.73. The van der Waals surface area contributed by atoms with E-state index in [2.05, 4.69) is 9.71 Å². The van der Waals surface area contributed by atoms with Crippen LogP contribution in [0, 0.1) is 27.7 Å². The van der Waals surface area contributed by atoms with Crippen LogP contribution in [-0.4, -0.2) is 18.0 Å². The van der Waals surface area contributed by atoms with E-state index in [1.807, 2.05) is 32.0 Å². The smallest absolute Gasteiger partial charge is 0.287 e. The van der Waals surface area contributed by atoms with Crippen molar-refractivity contribution in [2.45, 2.75) is 43.2 Å². The van der Waals surface area contributed by atoms with E-state index < -0.39 is 10.0 Å². The highest BCUT2D eigenvalue weighted by Crippen LogP contribution is 2.31. The van der Waals surface area contributed by atoms with Gasteiger partial charge in [-0.05, 0) is 62.6 Å². The number of aromatic nitrogens is 2. The maximum absolute atomic E-state index is 13.1. The van der Waals surface area contributed by atoms with Gasteiger partial charge in [0, 0.05) is 22.8 Å². The van der Waals surface area contributed by atoms with Crippen LogP contribution in [0.1, 0.15) is 28.1 Å². The van der Waals surface area contributed by atoms with Crippen molar-refractivity contribution in [3.05, 3.63) is 87.0 Å². The fourth-order valence-electron chi connectivity index (χ4n) is 3.40. The number of hydrogen-bond acceptors (Lipinski definition) is 6. The fourth-order valence-corrected chi connectivity index (χ4v) is 5.76. The number of thioether (sulfide) groups is 1. The Labute approximate surface area is 190 Å². The number of para-hydroxylation sites is 1. The van der Waals surface area contributed by atoms with Crippen molar-refractivity contribution < 1.29 is 12.9 Å². The largest absolute Gasteiger partial charge is 0.375 e. The highest BCUT2D eigenvalue weighted by molar-refractivity contribution is 7.98. The predicted octanol–water partition coefficient (Wildman–Crippen LogP) is 4.61. The molecule has 32 heavy (non-hydrogen) atoms. The number of aryl methyl sites for hydroxylation is 4. The molecule has 0 unspecified atom stereocenters. The molecule has 4 rings (SSSR count). The Morgan fingerprint density at radius 1 is 1.00 bits per heavy atom. The summed E-state index contributed by atoms with van der Waals surface area (Å²) in [6.45, 7) is 7.40. The van der Waals surface area contributed by atoms with Gasteiger partial charge in [-0.1, -0.05) is 18.2 Å². The number of anilines is 1. The summed E-state index contributed by atoms with van der Waals surface area (Å²) < 4.78 is 35.4. The lowest BCUT2D eigenvalue weighted by Crippen LogP contribution is -2.15. The minimum Gasteiger partial charge on any atom is -0.375 e. The first-order valence-electron chi connectivity index (χ1n) is 9.96. The van der Waals surface area contributed by atoms with Crippen LogP contribution in [0.5, 0.6) is 0 Å². The zero-order valence-electron chi connectivity index (χ0n) is 18.2. The van der Waals surface area contributed by atoms with E-state index in [4.69, 9.17) is 4.52 Å². The second-order valence-electron chi connectivity index (χ2n) is 7.68. The number of benzene rings is 2. The molecular formula is C23H23N3O4S2. The first kappa shape index (κ1) is 22.2. The van der Waals surface area contributed by atoms with Crippen molar-refractivity contribution in [2.75, 3.05) is 4.72 Å². The van der Waals surface area contributed by atoms with E-state index >= 15 is 0 Å². The van der Waals surface area contributed by atoms with Gasteiger partial charge in [-0.3, -0.25) is 9.52 Å². The summed E-state index contributed by atoms with van der Waals surface area (Å²) in [5.74, 6) is 0.998. The van der Waals surface area contributed by atoms with Crippen LogP contribution in [0.4, 0.5) is 5.69 Å². The SMILES string of the molecule is Cc1cc2nc(CSc3ccccc3NS(=O)(=O)c3cc(C)c(C)cc3C)cc(=O)n2o1. The average Bonchev–Trinajstić information content (AvgIpc) is 3.10. The third kappa shape index (κ3) is 4.44. The van der Waals surface area contributed by atoms with Crippen LogP contribution in [0.2, 0.25) is 0 Å². The van der Waals surface area contributed by atoms with Crippen LogP contribution in [0.15, 0.2) is 67.6 Å². The molecule has 0 atom stereocenters.